The Kier molecular flexibility index (Phi) is 11.7. The maximum atomic E-state index is 14.0. The Balaban J connectivity index is 2.22. The smallest absolute Gasteiger partial charge is 0.254 e. The molecule has 1 amide bonds. The second-order valence-corrected chi connectivity index (χ2v) is 10.5. The normalized spacial score (nSPS) is 12.8. The highest BCUT2D eigenvalue weighted by Gasteiger charge is 2.28. The molecule has 0 spiro atoms. The molecule has 0 bridgehead atoms. The highest BCUT2D eigenvalue weighted by molar-refractivity contribution is 5.98. The van der Waals surface area contributed by atoms with Crippen LogP contribution in [0.2, 0.25) is 0 Å². The molecule has 6 nitrogen and oxygen atoms in total. The van der Waals surface area contributed by atoms with E-state index in [2.05, 4.69) is 17.4 Å². The van der Waals surface area contributed by atoms with Crippen LogP contribution >= 0.6 is 0 Å². The molecule has 2 aromatic carbocycles. The van der Waals surface area contributed by atoms with Crippen molar-refractivity contribution in [3.05, 3.63) is 88.0 Å². The number of piperazine rings is 1. The molecular formula is C33H44N2O4. The van der Waals surface area contributed by atoms with Crippen LogP contribution in [0.15, 0.2) is 71.3 Å². The van der Waals surface area contributed by atoms with Gasteiger partial charge in [-0.05, 0) is 71.4 Å². The van der Waals surface area contributed by atoms with E-state index in [-0.39, 0.29) is 5.91 Å². The molecule has 2 aromatic rings. The van der Waals surface area contributed by atoms with Crippen LogP contribution in [0.25, 0.3) is 0 Å². The minimum atomic E-state index is -0.0163. The zero-order chi connectivity index (χ0) is 28.2. The average Bonchev–Trinajstić information content (AvgIpc) is 2.91. The van der Waals surface area contributed by atoms with Crippen molar-refractivity contribution in [3.63, 3.8) is 0 Å². The monoisotopic (exact) mass is 532 g/mol. The van der Waals surface area contributed by atoms with Gasteiger partial charge in [-0.3, -0.25) is 4.79 Å². The number of nitrogens with zero attached hydrogens (tertiary/aromatic N) is 1. The lowest BCUT2D eigenvalue weighted by Crippen LogP contribution is -2.46. The van der Waals surface area contributed by atoms with Gasteiger partial charge >= 0.3 is 0 Å². The lowest BCUT2D eigenvalue weighted by atomic mass is 9.96. The van der Waals surface area contributed by atoms with E-state index in [9.17, 15) is 4.79 Å². The largest absolute Gasteiger partial charge is 0.485 e. The van der Waals surface area contributed by atoms with Crippen molar-refractivity contribution in [1.82, 2.24) is 10.2 Å². The molecule has 0 aliphatic carbocycles. The van der Waals surface area contributed by atoms with E-state index in [1.54, 1.807) is 0 Å². The number of benzene rings is 2. The molecule has 210 valence electrons. The molecular weight excluding hydrogens is 488 g/mol. The second-order valence-electron chi connectivity index (χ2n) is 10.5. The van der Waals surface area contributed by atoms with Gasteiger partial charge in [0.1, 0.15) is 19.8 Å². The van der Waals surface area contributed by atoms with Crippen LogP contribution < -0.4 is 19.5 Å². The third kappa shape index (κ3) is 9.32. The molecule has 0 unspecified atom stereocenters. The number of carbonyl (C=O) groups excluding carboxylic acids is 1. The molecule has 0 radical (unpaired) electrons. The van der Waals surface area contributed by atoms with Crippen LogP contribution in [-0.4, -0.2) is 56.8 Å². The Morgan fingerprint density at radius 2 is 1.33 bits per heavy atom. The topological polar surface area (TPSA) is 60.0 Å². The standard InChI is InChI=1S/C33H44N2O4/c1-24(2)12-19-37-30-23-29(33(36)35-17-15-34-16-18-35)28(22-27-10-8-7-9-11-27)31(38-20-13-25(3)4)32(30)39-21-14-26(5)6/h7-14,23,34H,15-22H2,1-6H3. The maximum Gasteiger partial charge on any atom is 0.254 e. The van der Waals surface area contributed by atoms with Crippen molar-refractivity contribution in [1.29, 1.82) is 0 Å². The SMILES string of the molecule is CC(C)=CCOc1cc(C(=O)N2CCNCC2)c(Cc2ccccc2)c(OCC=C(C)C)c1OCC=C(C)C. The van der Waals surface area contributed by atoms with Crippen LogP contribution in [0, 0.1) is 0 Å². The van der Waals surface area contributed by atoms with Crippen molar-refractivity contribution in [2.24, 2.45) is 0 Å². The minimum absolute atomic E-state index is 0.0163. The van der Waals surface area contributed by atoms with Crippen molar-refractivity contribution < 1.29 is 19.0 Å². The average molecular weight is 533 g/mol. The van der Waals surface area contributed by atoms with Crippen molar-refractivity contribution in [3.8, 4) is 17.2 Å². The summed E-state index contributed by atoms with van der Waals surface area (Å²) in [6.45, 7) is 16.2. The maximum absolute atomic E-state index is 14.0. The van der Waals surface area contributed by atoms with Crippen LogP contribution in [0.5, 0.6) is 17.2 Å². The van der Waals surface area contributed by atoms with E-state index in [1.807, 2.05) is 88.9 Å². The molecule has 1 fully saturated rings. The van der Waals surface area contributed by atoms with Crippen molar-refractivity contribution >= 4 is 5.91 Å². The Morgan fingerprint density at radius 1 is 0.795 bits per heavy atom. The summed E-state index contributed by atoms with van der Waals surface area (Å²) in [7, 11) is 0. The molecule has 3 rings (SSSR count). The van der Waals surface area contributed by atoms with Crippen LogP contribution in [0.4, 0.5) is 0 Å². The molecule has 0 atom stereocenters. The first-order valence-electron chi connectivity index (χ1n) is 13.8. The summed E-state index contributed by atoms with van der Waals surface area (Å²) in [5.41, 5.74) is 5.96. The summed E-state index contributed by atoms with van der Waals surface area (Å²) in [5, 5.41) is 3.33. The molecule has 39 heavy (non-hydrogen) atoms. The minimum Gasteiger partial charge on any atom is -0.485 e. The zero-order valence-corrected chi connectivity index (χ0v) is 24.4. The van der Waals surface area contributed by atoms with Gasteiger partial charge in [0.15, 0.2) is 11.5 Å². The molecule has 1 aliphatic rings. The lowest BCUT2D eigenvalue weighted by molar-refractivity contribution is 0.0733. The third-order valence-corrected chi connectivity index (χ3v) is 6.33. The zero-order valence-electron chi connectivity index (χ0n) is 24.4. The molecule has 1 heterocycles. The fourth-order valence-corrected chi connectivity index (χ4v) is 4.14. The summed E-state index contributed by atoms with van der Waals surface area (Å²) >= 11 is 0. The summed E-state index contributed by atoms with van der Waals surface area (Å²) in [5.74, 6) is 1.58. The predicted octanol–water partition coefficient (Wildman–Crippen LogP) is 6.36. The Morgan fingerprint density at radius 3 is 1.90 bits per heavy atom. The highest BCUT2D eigenvalue weighted by Crippen LogP contribution is 2.44. The van der Waals surface area contributed by atoms with Crippen molar-refractivity contribution in [2.45, 2.75) is 48.0 Å². The van der Waals surface area contributed by atoms with E-state index in [0.717, 1.165) is 40.9 Å². The van der Waals surface area contributed by atoms with E-state index < -0.39 is 0 Å². The fraction of sp³-hybridized carbons (Fsp3) is 0.424. The number of hydrogen-bond donors (Lipinski definition) is 1. The van der Waals surface area contributed by atoms with E-state index in [1.165, 1.54) is 0 Å². The fourth-order valence-electron chi connectivity index (χ4n) is 4.14. The number of nitrogens with one attached hydrogen (secondary N) is 1. The summed E-state index contributed by atoms with van der Waals surface area (Å²) in [6, 6.07) is 12.0. The van der Waals surface area contributed by atoms with Crippen molar-refractivity contribution in [2.75, 3.05) is 46.0 Å². The lowest BCUT2D eigenvalue weighted by Gasteiger charge is -2.29. The number of hydrogen-bond acceptors (Lipinski definition) is 5. The number of ether oxygens (including phenoxy) is 3. The van der Waals surface area contributed by atoms with Gasteiger partial charge < -0.3 is 24.4 Å². The summed E-state index contributed by atoms with van der Waals surface area (Å²) in [4.78, 5) is 15.9. The van der Waals surface area contributed by atoms with Gasteiger partial charge in [0.05, 0.1) is 5.56 Å². The highest BCUT2D eigenvalue weighted by atomic mass is 16.5. The van der Waals surface area contributed by atoms with Crippen LogP contribution in [0.3, 0.4) is 0 Å². The molecule has 1 saturated heterocycles. The van der Waals surface area contributed by atoms with Gasteiger partial charge in [-0.25, -0.2) is 0 Å². The van der Waals surface area contributed by atoms with E-state index in [0.29, 0.717) is 62.1 Å². The molecule has 0 aromatic heterocycles. The van der Waals surface area contributed by atoms with Gasteiger partial charge in [0.25, 0.3) is 5.91 Å². The number of amides is 1. The molecule has 6 heteroatoms. The quantitative estimate of drug-likeness (QED) is 0.323. The summed E-state index contributed by atoms with van der Waals surface area (Å²) < 4.78 is 19.1. The van der Waals surface area contributed by atoms with Gasteiger partial charge in [-0.2, -0.15) is 0 Å². The number of carbonyl (C=O) groups is 1. The summed E-state index contributed by atoms with van der Waals surface area (Å²) in [6.07, 6.45) is 6.60. The Labute approximate surface area is 234 Å². The van der Waals surface area contributed by atoms with Gasteiger partial charge in [-0.15, -0.1) is 0 Å². The van der Waals surface area contributed by atoms with Gasteiger partial charge in [0.2, 0.25) is 5.75 Å². The molecule has 1 aliphatic heterocycles. The van der Waals surface area contributed by atoms with Gasteiger partial charge in [0, 0.05) is 38.2 Å². The molecule has 1 N–H and O–H groups in total. The molecule has 0 saturated carbocycles. The first-order chi connectivity index (χ1) is 18.8. The Hall–Kier alpha value is -3.51. The van der Waals surface area contributed by atoms with Crippen LogP contribution in [-0.2, 0) is 6.42 Å². The number of allylic oxidation sites excluding steroid dienone is 3. The third-order valence-electron chi connectivity index (χ3n) is 6.33. The predicted molar refractivity (Wildman–Crippen MR) is 159 cm³/mol. The second kappa shape index (κ2) is 15.2. The Bertz CT molecular complexity index is 1180. The van der Waals surface area contributed by atoms with Gasteiger partial charge in [-0.1, -0.05) is 47.1 Å². The van der Waals surface area contributed by atoms with E-state index in [4.69, 9.17) is 14.2 Å². The first-order valence-corrected chi connectivity index (χ1v) is 13.8. The van der Waals surface area contributed by atoms with Crippen LogP contribution in [0.1, 0.15) is 63.0 Å². The van der Waals surface area contributed by atoms with E-state index >= 15 is 0 Å². The number of rotatable bonds is 12. The first kappa shape index (κ1) is 30.0.